The molecule has 1 N–H and O–H groups in total. The third-order valence-corrected chi connectivity index (χ3v) is 3.73. The lowest BCUT2D eigenvalue weighted by Crippen LogP contribution is -2.02. The van der Waals surface area contributed by atoms with Crippen LogP contribution >= 0.6 is 19.1 Å². The van der Waals surface area contributed by atoms with Crippen LogP contribution in [0.15, 0.2) is 48.5 Å². The van der Waals surface area contributed by atoms with Gasteiger partial charge in [-0.3, -0.25) is 4.57 Å². The van der Waals surface area contributed by atoms with Crippen molar-refractivity contribution in [3.05, 3.63) is 59.4 Å². The third-order valence-electron chi connectivity index (χ3n) is 2.25. The number of hydrogen-bond acceptors (Lipinski definition) is 2. The fraction of sp³-hybridized carbons (Fsp3) is 0.0769. The fourth-order valence-corrected chi connectivity index (χ4v) is 2.82. The number of halogens is 2. The molecule has 0 aliphatic carbocycles. The van der Waals surface area contributed by atoms with E-state index in [0.717, 1.165) is 0 Å². The first-order valence-corrected chi connectivity index (χ1v) is 7.96. The van der Waals surface area contributed by atoms with Crippen molar-refractivity contribution < 1.29 is 13.5 Å². The van der Waals surface area contributed by atoms with Crippen LogP contribution in [0.5, 0.6) is 5.75 Å². The van der Waals surface area contributed by atoms with Crippen LogP contribution in [0.4, 0.5) is 10.1 Å². The lowest BCUT2D eigenvalue weighted by atomic mass is 10.3. The molecule has 6 heteroatoms. The summed E-state index contributed by atoms with van der Waals surface area (Å²) >= 11 is 5.75. The summed E-state index contributed by atoms with van der Waals surface area (Å²) in [5, 5.41) is 3.25. The van der Waals surface area contributed by atoms with Crippen molar-refractivity contribution in [3.8, 4) is 5.75 Å². The second kappa shape index (κ2) is 5.64. The number of benzene rings is 2. The summed E-state index contributed by atoms with van der Waals surface area (Å²) in [4.78, 5) is 0. The van der Waals surface area contributed by atoms with Crippen LogP contribution in [0.1, 0.15) is 0 Å². The predicted octanol–water partition coefficient (Wildman–Crippen LogP) is 4.79. The second-order valence-corrected chi connectivity index (χ2v) is 6.55. The molecular weight excluding hydrogens is 288 g/mol. The molecule has 0 aliphatic rings. The monoisotopic (exact) mass is 299 g/mol. The summed E-state index contributed by atoms with van der Waals surface area (Å²) in [5.41, 5.74) is 0.403. The zero-order chi connectivity index (χ0) is 13.9. The molecule has 1 unspecified atom stereocenters. The van der Waals surface area contributed by atoms with Crippen LogP contribution in [-0.4, -0.2) is 6.66 Å². The Morgan fingerprint density at radius 2 is 1.89 bits per heavy atom. The molecule has 19 heavy (non-hydrogen) atoms. The van der Waals surface area contributed by atoms with Crippen LogP contribution in [-0.2, 0) is 4.57 Å². The van der Waals surface area contributed by atoms with Crippen molar-refractivity contribution in [2.75, 3.05) is 11.8 Å². The highest BCUT2D eigenvalue weighted by Crippen LogP contribution is 2.43. The van der Waals surface area contributed by atoms with Gasteiger partial charge in [0.15, 0.2) is 0 Å². The Kier molecular flexibility index (Phi) is 4.13. The van der Waals surface area contributed by atoms with Crippen molar-refractivity contribution in [1.29, 1.82) is 0 Å². The minimum absolute atomic E-state index is 0.403. The van der Waals surface area contributed by atoms with Gasteiger partial charge >= 0.3 is 7.52 Å². The maximum absolute atomic E-state index is 13.0. The summed E-state index contributed by atoms with van der Waals surface area (Å²) in [6, 6.07) is 12.2. The van der Waals surface area contributed by atoms with E-state index in [2.05, 4.69) is 5.09 Å². The highest BCUT2D eigenvalue weighted by Gasteiger charge is 2.17. The molecule has 2 aromatic rings. The topological polar surface area (TPSA) is 38.3 Å². The van der Waals surface area contributed by atoms with Crippen molar-refractivity contribution in [1.82, 2.24) is 0 Å². The molecule has 1 atom stereocenters. The number of nitrogens with one attached hydrogen (secondary N) is 1. The summed E-state index contributed by atoms with van der Waals surface area (Å²) < 4.78 is 30.7. The smallest absolute Gasteiger partial charge is 0.338 e. The van der Waals surface area contributed by atoms with Crippen LogP contribution < -0.4 is 9.61 Å². The van der Waals surface area contributed by atoms with E-state index < -0.39 is 13.3 Å². The molecule has 0 aromatic heterocycles. The van der Waals surface area contributed by atoms with Crippen LogP contribution in [0.2, 0.25) is 5.02 Å². The van der Waals surface area contributed by atoms with E-state index in [0.29, 0.717) is 16.5 Å². The number of anilines is 1. The van der Waals surface area contributed by atoms with Crippen LogP contribution in [0.25, 0.3) is 0 Å². The molecular formula is C13H12ClFNO2P. The Hall–Kier alpha value is -1.51. The quantitative estimate of drug-likeness (QED) is 0.825. The van der Waals surface area contributed by atoms with E-state index in [4.69, 9.17) is 16.1 Å². The zero-order valence-corrected chi connectivity index (χ0v) is 11.8. The van der Waals surface area contributed by atoms with Gasteiger partial charge in [0.1, 0.15) is 11.6 Å². The standard InChI is InChI=1S/C13H12ClFNO2P/c1-19(17,16-12-4-2-3-11(15)9-12)18-13-7-5-10(14)6-8-13/h2-9H,1H3,(H,16,17). The van der Waals surface area contributed by atoms with Gasteiger partial charge in [-0.2, -0.15) is 0 Å². The first-order chi connectivity index (χ1) is 8.94. The highest BCUT2D eigenvalue weighted by molar-refractivity contribution is 7.60. The van der Waals surface area contributed by atoms with E-state index in [9.17, 15) is 8.96 Å². The average Bonchev–Trinajstić information content (AvgIpc) is 2.31. The molecule has 2 aromatic carbocycles. The Bertz CT molecular complexity index is 618. The largest absolute Gasteiger partial charge is 0.429 e. The van der Waals surface area contributed by atoms with Crippen molar-refractivity contribution in [3.63, 3.8) is 0 Å². The van der Waals surface area contributed by atoms with Gasteiger partial charge in [0, 0.05) is 17.4 Å². The lowest BCUT2D eigenvalue weighted by Gasteiger charge is -2.17. The van der Waals surface area contributed by atoms with Gasteiger partial charge in [0.2, 0.25) is 0 Å². The Labute approximate surface area is 115 Å². The summed E-state index contributed by atoms with van der Waals surface area (Å²) in [6.45, 7) is 1.42. The molecule has 0 saturated carbocycles. The third kappa shape index (κ3) is 4.27. The van der Waals surface area contributed by atoms with Crippen LogP contribution in [0, 0.1) is 5.82 Å². The van der Waals surface area contributed by atoms with Crippen molar-refractivity contribution in [2.24, 2.45) is 0 Å². The molecule has 100 valence electrons. The van der Waals surface area contributed by atoms with Gasteiger partial charge in [0.05, 0.1) is 0 Å². The second-order valence-electron chi connectivity index (χ2n) is 4.01. The summed E-state index contributed by atoms with van der Waals surface area (Å²) in [7, 11) is -3.13. The van der Waals surface area contributed by atoms with E-state index >= 15 is 0 Å². The maximum Gasteiger partial charge on any atom is 0.338 e. The molecule has 2 rings (SSSR count). The van der Waals surface area contributed by atoms with E-state index in [-0.39, 0.29) is 0 Å². The highest BCUT2D eigenvalue weighted by atomic mass is 35.5. The number of rotatable bonds is 4. The molecule has 0 aliphatic heterocycles. The minimum atomic E-state index is -3.13. The van der Waals surface area contributed by atoms with E-state index in [1.165, 1.54) is 24.9 Å². The fourth-order valence-electron chi connectivity index (χ4n) is 1.51. The molecule has 0 amide bonds. The molecule has 0 saturated heterocycles. The molecule has 0 radical (unpaired) electrons. The normalized spacial score (nSPS) is 13.6. The molecule has 0 heterocycles. The zero-order valence-electron chi connectivity index (χ0n) is 10.1. The molecule has 0 fully saturated rings. The van der Waals surface area contributed by atoms with Gasteiger partial charge in [-0.25, -0.2) is 4.39 Å². The lowest BCUT2D eigenvalue weighted by molar-refractivity contribution is 0.493. The van der Waals surface area contributed by atoms with Gasteiger partial charge in [-0.1, -0.05) is 17.7 Å². The Morgan fingerprint density at radius 3 is 2.53 bits per heavy atom. The minimum Gasteiger partial charge on any atom is -0.429 e. The first-order valence-electron chi connectivity index (χ1n) is 5.51. The molecule has 0 spiro atoms. The average molecular weight is 300 g/mol. The van der Waals surface area contributed by atoms with Gasteiger partial charge < -0.3 is 9.61 Å². The Balaban J connectivity index is 2.10. The van der Waals surface area contributed by atoms with Crippen molar-refractivity contribution in [2.45, 2.75) is 0 Å². The first kappa shape index (κ1) is 13.9. The van der Waals surface area contributed by atoms with Gasteiger partial charge in [-0.05, 0) is 42.5 Å². The predicted molar refractivity (Wildman–Crippen MR) is 75.6 cm³/mol. The van der Waals surface area contributed by atoms with E-state index in [1.54, 1.807) is 30.3 Å². The summed E-state index contributed by atoms with van der Waals surface area (Å²) in [5.74, 6) is 0.0237. The van der Waals surface area contributed by atoms with E-state index in [1.807, 2.05) is 0 Å². The van der Waals surface area contributed by atoms with Gasteiger partial charge in [-0.15, -0.1) is 0 Å². The number of hydrogen-bond donors (Lipinski definition) is 1. The van der Waals surface area contributed by atoms with Crippen LogP contribution in [0.3, 0.4) is 0 Å². The molecule has 3 nitrogen and oxygen atoms in total. The Morgan fingerprint density at radius 1 is 1.21 bits per heavy atom. The molecule has 0 bridgehead atoms. The van der Waals surface area contributed by atoms with Crippen molar-refractivity contribution >= 4 is 24.8 Å². The van der Waals surface area contributed by atoms with Gasteiger partial charge in [0.25, 0.3) is 0 Å². The SMILES string of the molecule is CP(=O)(Nc1cccc(F)c1)Oc1ccc(Cl)cc1. The maximum atomic E-state index is 13.0. The summed E-state index contributed by atoms with van der Waals surface area (Å²) in [6.07, 6.45) is 0.